The molecule has 0 radical (unpaired) electrons. The fourth-order valence-electron chi connectivity index (χ4n) is 2.15. The predicted octanol–water partition coefficient (Wildman–Crippen LogP) is 3.66. The Balaban J connectivity index is 3.00. The van der Waals surface area contributed by atoms with E-state index < -0.39 is 30.0 Å². The van der Waals surface area contributed by atoms with E-state index in [0.717, 1.165) is 0 Å². The van der Waals surface area contributed by atoms with Gasteiger partial charge in [-0.05, 0) is 22.2 Å². The summed E-state index contributed by atoms with van der Waals surface area (Å²) in [5.41, 5.74) is 16.5. The molecule has 14 heteroatoms. The zero-order valence-corrected chi connectivity index (χ0v) is 15.4. The molecular weight excluding hydrogens is 412 g/mol. The molecule has 0 aliphatic rings. The molecule has 0 N–H and O–H groups in total. The maximum Gasteiger partial charge on any atom is 0.347 e. The van der Waals surface area contributed by atoms with Gasteiger partial charge in [-0.15, -0.1) is 0 Å². The van der Waals surface area contributed by atoms with Crippen LogP contribution >= 0.6 is 0 Å². The van der Waals surface area contributed by atoms with Crippen LogP contribution < -0.4 is 0 Å². The Hall–Kier alpha value is -3.70. The van der Waals surface area contributed by atoms with Gasteiger partial charge in [-0.25, -0.2) is 0 Å². The Bertz CT molecular complexity index is 1090. The van der Waals surface area contributed by atoms with Gasteiger partial charge in [0.1, 0.15) is 20.4 Å². The standard InChI is InChI=1S/C14H10N6O6S2/c15-17-19-25-27(21,22)13(11-7-3-1-4-8-11)14(12-9-5-2-6-10-12)28(23,24)26-20-18-16/h1-10H. The number of benzene rings is 2. The highest BCUT2D eigenvalue weighted by Crippen LogP contribution is 2.36. The highest BCUT2D eigenvalue weighted by Gasteiger charge is 2.35. The summed E-state index contributed by atoms with van der Waals surface area (Å²) in [4.78, 5) is 2.64. The summed E-state index contributed by atoms with van der Waals surface area (Å²) in [5.74, 6) is 0. The van der Waals surface area contributed by atoms with Crippen molar-refractivity contribution in [2.75, 3.05) is 0 Å². The Morgan fingerprint density at radius 3 is 1.29 bits per heavy atom. The highest BCUT2D eigenvalue weighted by molar-refractivity contribution is 8.02. The quantitative estimate of drug-likeness (QED) is 0.205. The number of nitrogens with zero attached hydrogens (tertiary/aromatic N) is 6. The molecule has 0 atom stereocenters. The number of azide groups is 2. The molecule has 12 nitrogen and oxygen atoms in total. The normalized spacial score (nSPS) is 12.0. The zero-order valence-electron chi connectivity index (χ0n) is 13.7. The number of rotatable bonds is 8. The van der Waals surface area contributed by atoms with Gasteiger partial charge < -0.3 is 8.57 Å². The van der Waals surface area contributed by atoms with E-state index >= 15 is 0 Å². The summed E-state index contributed by atoms with van der Waals surface area (Å²) in [6.45, 7) is 0. The summed E-state index contributed by atoms with van der Waals surface area (Å²) in [5, 5.41) is 5.10. The van der Waals surface area contributed by atoms with Crippen LogP contribution in [0.15, 0.2) is 71.2 Å². The number of hydrogen-bond donors (Lipinski definition) is 0. The van der Waals surface area contributed by atoms with Crippen molar-refractivity contribution >= 4 is 30.0 Å². The minimum absolute atomic E-state index is 0.109. The van der Waals surface area contributed by atoms with Gasteiger partial charge >= 0.3 is 20.2 Å². The molecule has 0 spiro atoms. The lowest BCUT2D eigenvalue weighted by molar-refractivity contribution is 0.337. The van der Waals surface area contributed by atoms with E-state index in [2.05, 4.69) is 28.9 Å². The summed E-state index contributed by atoms with van der Waals surface area (Å²) in [6, 6.07) is 14.1. The second-order valence-corrected chi connectivity index (χ2v) is 7.72. The van der Waals surface area contributed by atoms with Crippen molar-refractivity contribution in [2.24, 2.45) is 10.6 Å². The van der Waals surface area contributed by atoms with Crippen LogP contribution in [0.1, 0.15) is 11.1 Å². The molecule has 0 heterocycles. The lowest BCUT2D eigenvalue weighted by atomic mass is 10.1. The molecule has 2 aromatic carbocycles. The molecule has 0 aromatic heterocycles. The second-order valence-electron chi connectivity index (χ2n) is 4.79. The molecule has 0 unspecified atom stereocenters. The number of hydrogen-bond acceptors (Lipinski definition) is 8. The summed E-state index contributed by atoms with van der Waals surface area (Å²) in [6.07, 6.45) is 0. The van der Waals surface area contributed by atoms with Crippen molar-refractivity contribution in [2.45, 2.75) is 0 Å². The summed E-state index contributed by atoms with van der Waals surface area (Å²) >= 11 is 0. The Morgan fingerprint density at radius 2 is 1.00 bits per heavy atom. The summed E-state index contributed by atoms with van der Waals surface area (Å²) in [7, 11) is -9.86. The van der Waals surface area contributed by atoms with E-state index in [1.165, 1.54) is 48.5 Å². The molecule has 28 heavy (non-hydrogen) atoms. The first-order valence-corrected chi connectivity index (χ1v) is 9.96. The largest absolute Gasteiger partial charge is 0.347 e. The fraction of sp³-hybridized carbons (Fsp3) is 0. The van der Waals surface area contributed by atoms with E-state index in [-0.39, 0.29) is 11.1 Å². The van der Waals surface area contributed by atoms with Gasteiger partial charge in [0.05, 0.1) is 0 Å². The molecule has 0 amide bonds. The SMILES string of the molecule is [N-]=[N+]=NOS(=O)(=O)C(=C(c1ccccc1)S(=O)(=O)ON=[N+]=[N-])c1ccccc1. The van der Waals surface area contributed by atoms with Crippen LogP contribution in [0.5, 0.6) is 0 Å². The molecule has 0 saturated heterocycles. The van der Waals surface area contributed by atoms with Gasteiger partial charge in [0.25, 0.3) is 0 Å². The third-order valence-electron chi connectivity index (χ3n) is 3.11. The lowest BCUT2D eigenvalue weighted by Crippen LogP contribution is -2.13. The van der Waals surface area contributed by atoms with Crippen LogP contribution in [0.3, 0.4) is 0 Å². The van der Waals surface area contributed by atoms with E-state index in [1.54, 1.807) is 12.1 Å². The molecular formula is C14H10N6O6S2. The Kier molecular flexibility index (Phi) is 6.47. The van der Waals surface area contributed by atoms with Crippen LogP contribution in [-0.4, -0.2) is 16.8 Å². The van der Waals surface area contributed by atoms with Crippen molar-refractivity contribution in [3.8, 4) is 0 Å². The maximum atomic E-state index is 12.7. The van der Waals surface area contributed by atoms with Gasteiger partial charge in [-0.3, -0.25) is 0 Å². The fourth-order valence-corrected chi connectivity index (χ4v) is 4.69. The van der Waals surface area contributed by atoms with E-state index in [4.69, 9.17) is 11.1 Å². The third-order valence-corrected chi connectivity index (χ3v) is 5.65. The Labute approximate surface area is 159 Å². The van der Waals surface area contributed by atoms with Crippen molar-refractivity contribution in [3.63, 3.8) is 0 Å². The van der Waals surface area contributed by atoms with Crippen molar-refractivity contribution in [3.05, 3.63) is 92.7 Å². The topological polar surface area (TPSA) is 184 Å². The van der Waals surface area contributed by atoms with E-state index in [9.17, 15) is 16.8 Å². The first-order chi connectivity index (χ1) is 13.3. The Morgan fingerprint density at radius 1 is 0.679 bits per heavy atom. The van der Waals surface area contributed by atoms with Crippen molar-refractivity contribution in [1.29, 1.82) is 0 Å². The zero-order chi connectivity index (χ0) is 20.6. The minimum Gasteiger partial charge on any atom is -0.307 e. The highest BCUT2D eigenvalue weighted by atomic mass is 32.2. The molecule has 0 saturated carbocycles. The molecule has 0 fully saturated rings. The van der Waals surface area contributed by atoms with Crippen LogP contribution in [0.4, 0.5) is 0 Å². The van der Waals surface area contributed by atoms with Gasteiger partial charge in [-0.2, -0.15) is 16.8 Å². The molecule has 144 valence electrons. The second kappa shape index (κ2) is 8.79. The van der Waals surface area contributed by atoms with Gasteiger partial charge in [0.2, 0.25) is 0 Å². The smallest absolute Gasteiger partial charge is 0.307 e. The van der Waals surface area contributed by atoms with E-state index in [0.29, 0.717) is 0 Å². The minimum atomic E-state index is -4.93. The first-order valence-electron chi connectivity index (χ1n) is 7.14. The van der Waals surface area contributed by atoms with Crippen molar-refractivity contribution < 1.29 is 25.4 Å². The van der Waals surface area contributed by atoms with Gasteiger partial charge in [0.15, 0.2) is 0 Å². The first kappa shape index (κ1) is 20.6. The summed E-state index contributed by atoms with van der Waals surface area (Å²) < 4.78 is 59.0. The molecule has 2 rings (SSSR count). The molecule has 0 aliphatic heterocycles. The van der Waals surface area contributed by atoms with Crippen molar-refractivity contribution in [1.82, 2.24) is 0 Å². The molecule has 2 aromatic rings. The average Bonchev–Trinajstić information content (AvgIpc) is 2.70. The molecule has 0 aliphatic carbocycles. The lowest BCUT2D eigenvalue weighted by Gasteiger charge is -2.14. The van der Waals surface area contributed by atoms with Crippen LogP contribution in [0.25, 0.3) is 30.7 Å². The molecule has 0 bridgehead atoms. The van der Waals surface area contributed by atoms with Gasteiger partial charge in [-0.1, -0.05) is 60.7 Å². The average molecular weight is 422 g/mol. The van der Waals surface area contributed by atoms with E-state index in [1.807, 2.05) is 0 Å². The van der Waals surface area contributed by atoms with Crippen LogP contribution in [0.2, 0.25) is 0 Å². The van der Waals surface area contributed by atoms with Crippen LogP contribution in [-0.2, 0) is 28.8 Å². The van der Waals surface area contributed by atoms with Crippen LogP contribution in [0, 0.1) is 0 Å². The van der Waals surface area contributed by atoms with Gasteiger partial charge in [0, 0.05) is 9.82 Å². The third kappa shape index (κ3) is 4.72. The predicted molar refractivity (Wildman–Crippen MR) is 98.0 cm³/mol. The maximum absolute atomic E-state index is 12.7. The monoisotopic (exact) mass is 422 g/mol.